The van der Waals surface area contributed by atoms with E-state index < -0.39 is 6.10 Å². The van der Waals surface area contributed by atoms with Crippen molar-refractivity contribution in [2.45, 2.75) is 374 Å². The molecule has 0 aromatic rings. The lowest BCUT2D eigenvalue weighted by Gasteiger charge is -2.18. The zero-order valence-corrected chi connectivity index (χ0v) is 54.1. The fraction of sp³-hybridized carbons (Fsp3) is 0.800. The van der Waals surface area contributed by atoms with Crippen molar-refractivity contribution in [2.75, 3.05) is 13.2 Å². The molecule has 0 saturated heterocycles. The quantitative estimate of drug-likeness (QED) is 0.0261. The molecule has 0 bridgehead atoms. The number of carbonyl (C=O) groups is 3. The monoisotopic (exact) mass is 1130 g/mol. The van der Waals surface area contributed by atoms with Gasteiger partial charge in [-0.2, -0.15) is 0 Å². The lowest BCUT2D eigenvalue weighted by atomic mass is 10.0. The van der Waals surface area contributed by atoms with E-state index in [0.29, 0.717) is 19.3 Å². The molecule has 0 aromatic heterocycles. The van der Waals surface area contributed by atoms with Gasteiger partial charge in [-0.25, -0.2) is 0 Å². The molecule has 1 atom stereocenters. The topological polar surface area (TPSA) is 78.9 Å². The maximum Gasteiger partial charge on any atom is 0.306 e. The van der Waals surface area contributed by atoms with Gasteiger partial charge in [0.1, 0.15) is 13.2 Å². The number of hydrogen-bond acceptors (Lipinski definition) is 6. The van der Waals surface area contributed by atoms with Gasteiger partial charge in [-0.05, 0) is 89.9 Å². The van der Waals surface area contributed by atoms with E-state index >= 15 is 0 Å². The van der Waals surface area contributed by atoms with Crippen molar-refractivity contribution in [1.82, 2.24) is 0 Å². The van der Waals surface area contributed by atoms with Gasteiger partial charge in [-0.3, -0.25) is 14.4 Å². The first-order valence-electron chi connectivity index (χ1n) is 35.4. The van der Waals surface area contributed by atoms with Crippen molar-refractivity contribution in [1.29, 1.82) is 0 Å². The molecule has 81 heavy (non-hydrogen) atoms. The Morgan fingerprint density at radius 1 is 0.259 bits per heavy atom. The van der Waals surface area contributed by atoms with Crippen molar-refractivity contribution >= 4 is 17.9 Å². The third kappa shape index (κ3) is 67.5. The maximum atomic E-state index is 12.9. The van der Waals surface area contributed by atoms with Gasteiger partial charge in [-0.1, -0.05) is 331 Å². The standard InChI is InChI=1S/C75H134O6/c1-4-7-10-13-16-19-21-23-25-27-29-30-31-32-33-34-35-36-37-38-39-40-41-42-43-44-46-47-49-51-53-56-59-62-65-68-74(77)80-71-72(70-79-73(76)67-64-61-58-55-18-15-12-9-6-3)81-75(78)69-66-63-60-57-54-52-50-48-45-28-26-24-22-20-17-14-11-8-5-2/h7,10,16-17,19-20,23-26,29-30,72H,4-6,8-9,11-15,18,21-22,27-28,31-71H2,1-3H3/b10-7-,19-16-,20-17-,25-23-,26-24-,30-29-. The van der Waals surface area contributed by atoms with Crippen LogP contribution in [0.1, 0.15) is 367 Å². The zero-order chi connectivity index (χ0) is 58.5. The molecule has 0 N–H and O–H groups in total. The molecule has 0 aliphatic carbocycles. The smallest absolute Gasteiger partial charge is 0.306 e. The van der Waals surface area contributed by atoms with Gasteiger partial charge in [0.2, 0.25) is 0 Å². The van der Waals surface area contributed by atoms with Crippen molar-refractivity contribution < 1.29 is 28.6 Å². The van der Waals surface area contributed by atoms with Crippen molar-refractivity contribution in [3.05, 3.63) is 72.9 Å². The molecule has 0 aliphatic rings. The van der Waals surface area contributed by atoms with E-state index in [9.17, 15) is 14.4 Å². The number of rotatable bonds is 65. The molecular formula is C75H134O6. The van der Waals surface area contributed by atoms with E-state index in [0.717, 1.165) is 89.9 Å². The SMILES string of the molecule is CC/C=C\C/C=C\C/C=C\C/C=C\CCCCCCCCCCCCCCCCCCCCCCCCC(=O)OCC(COC(=O)CCCCCCCCCCC)OC(=O)CCCCCCCCCCC/C=C\C/C=C\CCCCC. The van der Waals surface area contributed by atoms with Crippen LogP contribution in [0.15, 0.2) is 72.9 Å². The average molecular weight is 1130 g/mol. The van der Waals surface area contributed by atoms with Crippen LogP contribution in [0.3, 0.4) is 0 Å². The molecule has 0 saturated carbocycles. The maximum absolute atomic E-state index is 12.9. The molecule has 6 heteroatoms. The highest BCUT2D eigenvalue weighted by Gasteiger charge is 2.19. The molecule has 0 spiro atoms. The van der Waals surface area contributed by atoms with Crippen molar-refractivity contribution in [3.63, 3.8) is 0 Å². The Balaban J connectivity index is 4.02. The van der Waals surface area contributed by atoms with Crippen LogP contribution in [0, 0.1) is 0 Å². The van der Waals surface area contributed by atoms with Crippen LogP contribution in [0.2, 0.25) is 0 Å². The summed E-state index contributed by atoms with van der Waals surface area (Å²) in [4.78, 5) is 38.3. The van der Waals surface area contributed by atoms with E-state index in [-0.39, 0.29) is 31.1 Å². The third-order valence-corrected chi connectivity index (χ3v) is 15.7. The van der Waals surface area contributed by atoms with Gasteiger partial charge in [0.25, 0.3) is 0 Å². The lowest BCUT2D eigenvalue weighted by Crippen LogP contribution is -2.30. The van der Waals surface area contributed by atoms with Crippen LogP contribution in [0.25, 0.3) is 0 Å². The first-order valence-corrected chi connectivity index (χ1v) is 35.4. The van der Waals surface area contributed by atoms with Crippen LogP contribution >= 0.6 is 0 Å². The predicted octanol–water partition coefficient (Wildman–Crippen LogP) is 24.4. The fourth-order valence-electron chi connectivity index (χ4n) is 10.4. The minimum Gasteiger partial charge on any atom is -0.462 e. The van der Waals surface area contributed by atoms with E-state index in [1.165, 1.54) is 238 Å². The minimum atomic E-state index is -0.773. The number of ether oxygens (including phenoxy) is 3. The normalized spacial score (nSPS) is 12.5. The van der Waals surface area contributed by atoms with E-state index in [4.69, 9.17) is 14.2 Å². The van der Waals surface area contributed by atoms with Gasteiger partial charge >= 0.3 is 17.9 Å². The Morgan fingerprint density at radius 3 is 0.778 bits per heavy atom. The van der Waals surface area contributed by atoms with Crippen molar-refractivity contribution in [2.24, 2.45) is 0 Å². The highest BCUT2D eigenvalue weighted by atomic mass is 16.6. The summed E-state index contributed by atoms with van der Waals surface area (Å²) in [6.07, 6.45) is 91.0. The first-order chi connectivity index (χ1) is 40.0. The molecule has 1 unspecified atom stereocenters. The molecule has 0 heterocycles. The fourth-order valence-corrected chi connectivity index (χ4v) is 10.4. The molecule has 0 radical (unpaired) electrons. The van der Waals surface area contributed by atoms with Crippen LogP contribution < -0.4 is 0 Å². The van der Waals surface area contributed by atoms with Gasteiger partial charge in [-0.15, -0.1) is 0 Å². The Bertz CT molecular complexity index is 1490. The van der Waals surface area contributed by atoms with Crippen molar-refractivity contribution in [3.8, 4) is 0 Å². The summed E-state index contributed by atoms with van der Waals surface area (Å²) >= 11 is 0. The summed E-state index contributed by atoms with van der Waals surface area (Å²) in [5.74, 6) is -0.856. The Kier molecular flexibility index (Phi) is 66.6. The van der Waals surface area contributed by atoms with E-state index in [2.05, 4.69) is 93.7 Å². The highest BCUT2D eigenvalue weighted by molar-refractivity contribution is 5.71. The number of unbranched alkanes of at least 4 members (excludes halogenated alkanes) is 42. The average Bonchev–Trinajstić information content (AvgIpc) is 3.47. The molecule has 0 aromatic carbocycles. The second-order valence-corrected chi connectivity index (χ2v) is 23.8. The van der Waals surface area contributed by atoms with Crippen LogP contribution in [0.5, 0.6) is 0 Å². The molecule has 0 amide bonds. The first kappa shape index (κ1) is 77.9. The third-order valence-electron chi connectivity index (χ3n) is 15.7. The Hall–Kier alpha value is -3.15. The highest BCUT2D eigenvalue weighted by Crippen LogP contribution is 2.18. The molecule has 0 aliphatic heterocycles. The molecule has 470 valence electrons. The largest absolute Gasteiger partial charge is 0.462 e. The summed E-state index contributed by atoms with van der Waals surface area (Å²) in [5.41, 5.74) is 0. The van der Waals surface area contributed by atoms with Crippen LogP contribution in [0.4, 0.5) is 0 Å². The summed E-state index contributed by atoms with van der Waals surface area (Å²) in [7, 11) is 0. The summed E-state index contributed by atoms with van der Waals surface area (Å²) in [6, 6.07) is 0. The van der Waals surface area contributed by atoms with Gasteiger partial charge < -0.3 is 14.2 Å². The number of hydrogen-bond donors (Lipinski definition) is 0. The number of esters is 3. The van der Waals surface area contributed by atoms with Gasteiger partial charge in [0.15, 0.2) is 6.10 Å². The molecule has 6 nitrogen and oxygen atoms in total. The second-order valence-electron chi connectivity index (χ2n) is 23.8. The Morgan fingerprint density at radius 2 is 0.481 bits per heavy atom. The summed E-state index contributed by atoms with van der Waals surface area (Å²) < 4.78 is 16.9. The van der Waals surface area contributed by atoms with Crippen LogP contribution in [-0.4, -0.2) is 37.2 Å². The van der Waals surface area contributed by atoms with E-state index in [1.807, 2.05) is 0 Å². The summed E-state index contributed by atoms with van der Waals surface area (Å²) in [5, 5.41) is 0. The van der Waals surface area contributed by atoms with Crippen LogP contribution in [-0.2, 0) is 28.6 Å². The summed E-state index contributed by atoms with van der Waals surface area (Å²) in [6.45, 7) is 6.53. The zero-order valence-electron chi connectivity index (χ0n) is 54.1. The van der Waals surface area contributed by atoms with Gasteiger partial charge in [0, 0.05) is 19.3 Å². The number of allylic oxidation sites excluding steroid dienone is 12. The van der Waals surface area contributed by atoms with E-state index in [1.54, 1.807) is 0 Å². The minimum absolute atomic E-state index is 0.0709. The molecule has 0 rings (SSSR count). The van der Waals surface area contributed by atoms with Gasteiger partial charge in [0.05, 0.1) is 0 Å². The second kappa shape index (κ2) is 69.3. The molecular weight excluding hydrogens is 997 g/mol. The molecule has 0 fully saturated rings. The predicted molar refractivity (Wildman–Crippen MR) is 353 cm³/mol. The number of carbonyl (C=O) groups excluding carboxylic acids is 3. The Labute approximate surface area is 503 Å². The lowest BCUT2D eigenvalue weighted by molar-refractivity contribution is -0.167.